The molecule has 0 aromatic heterocycles. The van der Waals surface area contributed by atoms with Crippen LogP contribution < -0.4 is 4.89 Å². The van der Waals surface area contributed by atoms with Crippen molar-refractivity contribution in [2.24, 2.45) is 0 Å². The van der Waals surface area contributed by atoms with Crippen molar-refractivity contribution in [2.45, 2.75) is 137 Å². The van der Waals surface area contributed by atoms with Gasteiger partial charge in [-0.3, -0.25) is 13.7 Å². The third kappa shape index (κ3) is 19.5. The fourth-order valence-electron chi connectivity index (χ4n) is 2.40. The molecule has 0 aliphatic carbocycles. The highest BCUT2D eigenvalue weighted by atomic mass is 31.2. The van der Waals surface area contributed by atoms with E-state index in [1.807, 2.05) is 83.1 Å². The maximum absolute atomic E-state index is 12.2. The molecule has 0 N–H and O–H groups in total. The zero-order valence-corrected chi connectivity index (χ0v) is 30.7. The summed E-state index contributed by atoms with van der Waals surface area (Å²) in [5.41, 5.74) is 0.467. The van der Waals surface area contributed by atoms with Crippen LogP contribution in [0.15, 0.2) is 0 Å². The topological polar surface area (TPSA) is 119 Å². The standard InChI is InChI=1S/C9H21O2P.C7H17O2P.C5H13O2P.C4H11O2P/c1-7(2)11-12(10,8(3)4)9(5)6;1-6(2)10(8,9-5)7(3)4;1-5(2)8(4,6)7-3;1-4(2)7(3,5)6/h7-9H,1-6H3;6-7H,1-5H3;5H,1-4H3;4H,1-3H3,(H,5,6)/p-1. The monoisotopic (exact) mass is 613 g/mol. The molecule has 0 rings (SSSR count). The Balaban J connectivity index is -0.000000200. The smallest absolute Gasteiger partial charge is 0.208 e. The Morgan fingerprint density at radius 3 is 0.784 bits per heavy atom. The van der Waals surface area contributed by atoms with Crippen molar-refractivity contribution in [2.75, 3.05) is 27.5 Å². The molecule has 0 spiro atoms. The van der Waals surface area contributed by atoms with Gasteiger partial charge in [-0.25, -0.2) is 0 Å². The van der Waals surface area contributed by atoms with Crippen molar-refractivity contribution >= 4 is 29.5 Å². The summed E-state index contributed by atoms with van der Waals surface area (Å²) in [6.45, 7) is 29.5. The second-order valence-corrected chi connectivity index (χ2v) is 24.5. The normalized spacial score (nSPS) is 15.6. The molecule has 0 aliphatic rings. The van der Waals surface area contributed by atoms with Gasteiger partial charge in [-0.1, -0.05) is 83.1 Å². The van der Waals surface area contributed by atoms with E-state index < -0.39 is 29.5 Å². The van der Waals surface area contributed by atoms with Crippen molar-refractivity contribution in [3.63, 3.8) is 0 Å². The second-order valence-electron chi connectivity index (χ2n) is 11.2. The van der Waals surface area contributed by atoms with Crippen molar-refractivity contribution in [1.82, 2.24) is 0 Å². The minimum absolute atomic E-state index is 0.0561. The Morgan fingerprint density at radius 1 is 0.486 bits per heavy atom. The minimum Gasteiger partial charge on any atom is -0.799 e. The van der Waals surface area contributed by atoms with E-state index in [9.17, 15) is 23.2 Å². The quantitative estimate of drug-likeness (QED) is 0.224. The van der Waals surface area contributed by atoms with E-state index >= 15 is 0 Å². The van der Waals surface area contributed by atoms with Gasteiger partial charge < -0.3 is 23.0 Å². The van der Waals surface area contributed by atoms with Gasteiger partial charge in [0.2, 0.25) is 22.1 Å². The molecule has 2 unspecified atom stereocenters. The number of rotatable bonds is 10. The Kier molecular flexibility index (Phi) is 23.9. The van der Waals surface area contributed by atoms with Crippen LogP contribution in [0, 0.1) is 0 Å². The van der Waals surface area contributed by atoms with Crippen LogP contribution in [-0.2, 0) is 31.8 Å². The van der Waals surface area contributed by atoms with Gasteiger partial charge in [0.15, 0.2) is 0 Å². The van der Waals surface area contributed by atoms with Gasteiger partial charge in [0.1, 0.15) is 0 Å². The summed E-state index contributed by atoms with van der Waals surface area (Å²) >= 11 is 0. The maximum atomic E-state index is 12.2. The average Bonchev–Trinajstić information content (AvgIpc) is 2.72. The number of hydrogen-bond acceptors (Lipinski definition) is 8. The Labute approximate surface area is 230 Å². The van der Waals surface area contributed by atoms with Crippen LogP contribution in [0.4, 0.5) is 0 Å². The van der Waals surface area contributed by atoms with E-state index in [1.165, 1.54) is 20.9 Å². The summed E-state index contributed by atoms with van der Waals surface area (Å²) in [6.07, 6.45) is 0.0561. The lowest BCUT2D eigenvalue weighted by Gasteiger charge is -2.27. The van der Waals surface area contributed by atoms with Gasteiger partial charge in [-0.15, -0.1) is 0 Å². The minimum atomic E-state index is -2.99. The largest absolute Gasteiger partial charge is 0.799 e. The van der Waals surface area contributed by atoms with Gasteiger partial charge in [0, 0.05) is 56.5 Å². The van der Waals surface area contributed by atoms with Crippen LogP contribution in [0.25, 0.3) is 0 Å². The highest BCUT2D eigenvalue weighted by Crippen LogP contribution is 2.57. The molecular formula is C25H61O8P4-. The summed E-state index contributed by atoms with van der Waals surface area (Å²) < 4.78 is 60.7. The summed E-state index contributed by atoms with van der Waals surface area (Å²) in [6, 6.07) is 0. The first kappa shape index (κ1) is 44.8. The van der Waals surface area contributed by atoms with Crippen molar-refractivity contribution in [3.05, 3.63) is 0 Å². The fraction of sp³-hybridized carbons (Fsp3) is 1.00. The van der Waals surface area contributed by atoms with Gasteiger partial charge in [0.05, 0.1) is 6.10 Å². The van der Waals surface area contributed by atoms with Crippen molar-refractivity contribution in [1.29, 1.82) is 0 Å². The van der Waals surface area contributed by atoms with Gasteiger partial charge in [-0.2, -0.15) is 0 Å². The first-order valence-corrected chi connectivity index (χ1v) is 20.8. The van der Waals surface area contributed by atoms with Gasteiger partial charge in [-0.05, 0) is 26.2 Å². The summed E-state index contributed by atoms with van der Waals surface area (Å²) in [7, 11) is -6.98. The highest BCUT2D eigenvalue weighted by Gasteiger charge is 2.32. The molecule has 0 amide bonds. The van der Waals surface area contributed by atoms with Gasteiger partial charge >= 0.3 is 0 Å². The van der Waals surface area contributed by atoms with E-state index in [-0.39, 0.29) is 40.1 Å². The molecular weight excluding hydrogens is 552 g/mol. The Morgan fingerprint density at radius 2 is 0.757 bits per heavy atom. The maximum Gasteiger partial charge on any atom is 0.208 e. The molecule has 0 aromatic rings. The molecule has 2 atom stereocenters. The lowest BCUT2D eigenvalue weighted by molar-refractivity contribution is -0.175. The molecule has 12 heteroatoms. The number of hydrogen-bond donors (Lipinski definition) is 0. The first-order chi connectivity index (χ1) is 16.2. The lowest BCUT2D eigenvalue weighted by atomic mass is 10.5. The van der Waals surface area contributed by atoms with Crippen LogP contribution in [0.2, 0.25) is 0 Å². The molecule has 0 heterocycles. The molecule has 0 fully saturated rings. The molecule has 0 bridgehead atoms. The second kappa shape index (κ2) is 19.8. The van der Waals surface area contributed by atoms with Crippen LogP contribution >= 0.6 is 29.5 Å². The lowest BCUT2D eigenvalue weighted by Crippen LogP contribution is -2.14. The highest BCUT2D eigenvalue weighted by molar-refractivity contribution is 7.60. The van der Waals surface area contributed by atoms with E-state index in [4.69, 9.17) is 13.6 Å². The fourth-order valence-corrected chi connectivity index (χ4v) is 7.19. The van der Waals surface area contributed by atoms with Gasteiger partial charge in [0.25, 0.3) is 0 Å². The van der Waals surface area contributed by atoms with Crippen LogP contribution in [-0.4, -0.2) is 67.6 Å². The van der Waals surface area contributed by atoms with Crippen molar-refractivity contribution in [3.8, 4) is 0 Å². The Hall–Kier alpha value is 0.760. The van der Waals surface area contributed by atoms with Crippen LogP contribution in [0.5, 0.6) is 0 Å². The third-order valence-corrected chi connectivity index (χ3v) is 17.3. The predicted molar refractivity (Wildman–Crippen MR) is 163 cm³/mol. The van der Waals surface area contributed by atoms with E-state index in [2.05, 4.69) is 0 Å². The van der Waals surface area contributed by atoms with Crippen molar-refractivity contribution < 1.29 is 36.7 Å². The zero-order valence-electron chi connectivity index (χ0n) is 27.1. The summed E-state index contributed by atoms with van der Waals surface area (Å²) in [5, 5.41) is 0. The molecule has 230 valence electrons. The molecule has 8 nitrogen and oxygen atoms in total. The van der Waals surface area contributed by atoms with Crippen LogP contribution in [0.3, 0.4) is 0 Å². The van der Waals surface area contributed by atoms with E-state index in [0.29, 0.717) is 0 Å². The molecule has 0 aromatic carbocycles. The third-order valence-electron chi connectivity index (χ3n) is 5.78. The Bertz CT molecular complexity index is 745. The van der Waals surface area contributed by atoms with Crippen LogP contribution in [0.1, 0.15) is 96.9 Å². The predicted octanol–water partition coefficient (Wildman–Crippen LogP) is 8.85. The summed E-state index contributed by atoms with van der Waals surface area (Å²) in [5.74, 6) is 0. The first-order valence-electron chi connectivity index (χ1n) is 13.0. The van der Waals surface area contributed by atoms with E-state index in [1.54, 1.807) is 20.5 Å². The molecule has 37 heavy (non-hydrogen) atoms. The van der Waals surface area contributed by atoms with E-state index in [0.717, 1.165) is 0 Å². The molecule has 0 aliphatic heterocycles. The summed E-state index contributed by atoms with van der Waals surface area (Å²) in [4.78, 5) is 10.4. The molecule has 0 saturated heterocycles. The molecule has 0 radical (unpaired) electrons. The SMILES string of the molecule is CC(C)OP(=O)(C(C)C)C(C)C.CC(C)P(C)(=O)[O-].COP(=O)(C(C)C)C(C)C.COP(C)(=O)C(C)C. The molecule has 0 saturated carbocycles. The zero-order chi connectivity index (χ0) is 31.2. The average molecular weight is 614 g/mol.